The van der Waals surface area contributed by atoms with Gasteiger partial charge in [0.05, 0.1) is 12.5 Å². The molecule has 18 heavy (non-hydrogen) atoms. The summed E-state index contributed by atoms with van der Waals surface area (Å²) in [6.45, 7) is 4.76. The molecule has 0 atom stereocenters. The van der Waals surface area contributed by atoms with E-state index in [1.165, 1.54) is 0 Å². The number of aromatic nitrogens is 1. The molecule has 0 aliphatic rings. The van der Waals surface area contributed by atoms with Crippen LogP contribution >= 0.6 is 0 Å². The highest BCUT2D eigenvalue weighted by Gasteiger charge is 2.32. The van der Waals surface area contributed by atoms with E-state index in [1.807, 2.05) is 18.2 Å². The normalized spacial score (nSPS) is 12.0. The molecule has 0 radical (unpaired) electrons. The Morgan fingerprint density at radius 2 is 2.06 bits per heavy atom. The van der Waals surface area contributed by atoms with Gasteiger partial charge in [0.1, 0.15) is 5.75 Å². The first kappa shape index (κ1) is 12.9. The summed E-state index contributed by atoms with van der Waals surface area (Å²) in [5.41, 5.74) is 7.27. The summed E-state index contributed by atoms with van der Waals surface area (Å²) in [4.78, 5) is 4.60. The lowest BCUT2D eigenvalue weighted by Gasteiger charge is -2.25. The fraction of sp³-hybridized carbons (Fsp3) is 0.500. The van der Waals surface area contributed by atoms with Crippen LogP contribution in [-0.2, 0) is 5.41 Å². The zero-order valence-electron chi connectivity index (χ0n) is 11.2. The largest absolute Gasteiger partial charge is 0.494 e. The monoisotopic (exact) mass is 248 g/mol. The fourth-order valence-corrected chi connectivity index (χ4v) is 2.24. The molecular formula is C14H20N2O2. The molecule has 0 amide bonds. The van der Waals surface area contributed by atoms with Crippen LogP contribution in [0.2, 0.25) is 0 Å². The van der Waals surface area contributed by atoms with Crippen molar-refractivity contribution in [2.75, 3.05) is 13.7 Å². The molecule has 98 valence electrons. The van der Waals surface area contributed by atoms with Gasteiger partial charge >= 0.3 is 0 Å². The van der Waals surface area contributed by atoms with E-state index >= 15 is 0 Å². The van der Waals surface area contributed by atoms with Gasteiger partial charge < -0.3 is 14.9 Å². The quantitative estimate of drug-likeness (QED) is 0.883. The Hall–Kier alpha value is -1.55. The summed E-state index contributed by atoms with van der Waals surface area (Å²) in [5.74, 6) is 1.45. The predicted molar refractivity (Wildman–Crippen MR) is 71.9 cm³/mol. The van der Waals surface area contributed by atoms with Gasteiger partial charge in [0.25, 0.3) is 0 Å². The third kappa shape index (κ3) is 1.86. The van der Waals surface area contributed by atoms with Gasteiger partial charge in [0, 0.05) is 6.54 Å². The SMILES string of the molecule is CCC(CC)(CN)c1nc2c(OC)cccc2o1. The number of ether oxygens (including phenoxy) is 1. The highest BCUT2D eigenvalue weighted by molar-refractivity contribution is 5.79. The molecule has 0 aliphatic carbocycles. The Morgan fingerprint density at radius 1 is 1.33 bits per heavy atom. The van der Waals surface area contributed by atoms with Gasteiger partial charge in [0.15, 0.2) is 11.1 Å². The number of nitrogens with two attached hydrogens (primary N) is 1. The third-order valence-electron chi connectivity index (χ3n) is 3.80. The first-order valence-corrected chi connectivity index (χ1v) is 6.34. The van der Waals surface area contributed by atoms with Crippen LogP contribution in [0.1, 0.15) is 32.6 Å². The molecule has 0 spiro atoms. The topological polar surface area (TPSA) is 61.3 Å². The lowest BCUT2D eigenvalue weighted by Crippen LogP contribution is -2.34. The van der Waals surface area contributed by atoms with E-state index in [-0.39, 0.29) is 5.41 Å². The first-order valence-electron chi connectivity index (χ1n) is 6.34. The zero-order chi connectivity index (χ0) is 13.2. The van der Waals surface area contributed by atoms with E-state index in [2.05, 4.69) is 18.8 Å². The maximum absolute atomic E-state index is 5.92. The van der Waals surface area contributed by atoms with Crippen molar-refractivity contribution < 1.29 is 9.15 Å². The van der Waals surface area contributed by atoms with Gasteiger partial charge in [-0.2, -0.15) is 0 Å². The number of hydrogen-bond donors (Lipinski definition) is 1. The summed E-state index contributed by atoms with van der Waals surface area (Å²) < 4.78 is 11.2. The van der Waals surface area contributed by atoms with Crippen LogP contribution in [0.15, 0.2) is 22.6 Å². The Labute approximate surface area is 107 Å². The van der Waals surface area contributed by atoms with Crippen molar-refractivity contribution in [3.8, 4) is 5.75 Å². The van der Waals surface area contributed by atoms with Gasteiger partial charge in [-0.15, -0.1) is 0 Å². The number of hydrogen-bond acceptors (Lipinski definition) is 4. The molecule has 1 aromatic carbocycles. The Kier molecular flexibility index (Phi) is 3.57. The maximum Gasteiger partial charge on any atom is 0.203 e. The number of benzene rings is 1. The van der Waals surface area contributed by atoms with E-state index < -0.39 is 0 Å². The van der Waals surface area contributed by atoms with E-state index in [9.17, 15) is 0 Å². The molecule has 0 saturated carbocycles. The first-order chi connectivity index (χ1) is 8.70. The van der Waals surface area contributed by atoms with Crippen LogP contribution < -0.4 is 10.5 Å². The molecule has 2 aromatic rings. The molecule has 0 aliphatic heterocycles. The summed E-state index contributed by atoms with van der Waals surface area (Å²) in [6.07, 6.45) is 1.82. The van der Waals surface area contributed by atoms with Crippen molar-refractivity contribution in [3.63, 3.8) is 0 Å². The molecule has 0 unspecified atom stereocenters. The number of rotatable bonds is 5. The van der Waals surface area contributed by atoms with E-state index in [1.54, 1.807) is 7.11 Å². The highest BCUT2D eigenvalue weighted by atomic mass is 16.5. The molecule has 1 aromatic heterocycles. The molecule has 0 fully saturated rings. The Bertz CT molecular complexity index is 521. The number of nitrogens with zero attached hydrogens (tertiary/aromatic N) is 1. The van der Waals surface area contributed by atoms with Crippen LogP contribution in [0, 0.1) is 0 Å². The molecule has 0 bridgehead atoms. The van der Waals surface area contributed by atoms with E-state index in [0.717, 1.165) is 35.6 Å². The molecule has 1 heterocycles. The number of methoxy groups -OCH3 is 1. The molecular weight excluding hydrogens is 228 g/mol. The van der Waals surface area contributed by atoms with Crippen LogP contribution in [-0.4, -0.2) is 18.6 Å². The van der Waals surface area contributed by atoms with Crippen LogP contribution in [0.4, 0.5) is 0 Å². The standard InChI is InChI=1S/C14H20N2O2/c1-4-14(5-2,9-15)13-16-12-10(17-3)7-6-8-11(12)18-13/h6-8H,4-5,9,15H2,1-3H3. The van der Waals surface area contributed by atoms with E-state index in [4.69, 9.17) is 14.9 Å². The summed E-state index contributed by atoms with van der Waals surface area (Å²) >= 11 is 0. The molecule has 0 saturated heterocycles. The summed E-state index contributed by atoms with van der Waals surface area (Å²) in [6, 6.07) is 5.69. The van der Waals surface area contributed by atoms with Crippen molar-refractivity contribution in [1.29, 1.82) is 0 Å². The number of fused-ring (bicyclic) bond motifs is 1. The lowest BCUT2D eigenvalue weighted by molar-refractivity contribution is 0.316. The lowest BCUT2D eigenvalue weighted by atomic mass is 9.82. The van der Waals surface area contributed by atoms with Gasteiger partial charge in [-0.1, -0.05) is 19.9 Å². The van der Waals surface area contributed by atoms with Crippen molar-refractivity contribution in [2.45, 2.75) is 32.1 Å². The van der Waals surface area contributed by atoms with Crippen molar-refractivity contribution in [3.05, 3.63) is 24.1 Å². The number of para-hydroxylation sites is 1. The predicted octanol–water partition coefficient (Wildman–Crippen LogP) is 2.85. The van der Waals surface area contributed by atoms with Crippen molar-refractivity contribution in [1.82, 2.24) is 4.98 Å². The van der Waals surface area contributed by atoms with Gasteiger partial charge in [-0.25, -0.2) is 4.98 Å². The second kappa shape index (κ2) is 4.98. The average molecular weight is 248 g/mol. The summed E-state index contributed by atoms with van der Waals surface area (Å²) in [5, 5.41) is 0. The van der Waals surface area contributed by atoms with E-state index in [0.29, 0.717) is 6.54 Å². The molecule has 4 nitrogen and oxygen atoms in total. The van der Waals surface area contributed by atoms with Crippen LogP contribution in [0.3, 0.4) is 0 Å². The van der Waals surface area contributed by atoms with Gasteiger partial charge in [-0.05, 0) is 25.0 Å². The average Bonchev–Trinajstić information content (AvgIpc) is 2.85. The second-order valence-electron chi connectivity index (χ2n) is 4.52. The molecule has 4 heteroatoms. The minimum absolute atomic E-state index is 0.177. The second-order valence-corrected chi connectivity index (χ2v) is 4.52. The third-order valence-corrected chi connectivity index (χ3v) is 3.80. The smallest absolute Gasteiger partial charge is 0.203 e. The van der Waals surface area contributed by atoms with Gasteiger partial charge in [-0.3, -0.25) is 0 Å². The maximum atomic E-state index is 5.92. The Morgan fingerprint density at radius 3 is 2.61 bits per heavy atom. The summed E-state index contributed by atoms with van der Waals surface area (Å²) in [7, 11) is 1.64. The van der Waals surface area contributed by atoms with Crippen molar-refractivity contribution in [2.24, 2.45) is 5.73 Å². The minimum atomic E-state index is -0.177. The van der Waals surface area contributed by atoms with Crippen LogP contribution in [0.5, 0.6) is 5.75 Å². The van der Waals surface area contributed by atoms with Crippen LogP contribution in [0.25, 0.3) is 11.1 Å². The van der Waals surface area contributed by atoms with Gasteiger partial charge in [0.2, 0.25) is 5.89 Å². The highest BCUT2D eigenvalue weighted by Crippen LogP contribution is 2.34. The minimum Gasteiger partial charge on any atom is -0.494 e. The van der Waals surface area contributed by atoms with Crippen molar-refractivity contribution >= 4 is 11.1 Å². The molecule has 2 N–H and O–H groups in total. The fourth-order valence-electron chi connectivity index (χ4n) is 2.24. The Balaban J connectivity index is 2.59. The molecule has 2 rings (SSSR count). The number of oxazole rings is 1. The zero-order valence-corrected chi connectivity index (χ0v) is 11.2.